The number of aromatic nitrogens is 1. The molecule has 3 rings (SSSR count). The van der Waals surface area contributed by atoms with Crippen molar-refractivity contribution in [3.63, 3.8) is 0 Å². The van der Waals surface area contributed by atoms with Crippen LogP contribution < -0.4 is 10.6 Å². The van der Waals surface area contributed by atoms with Crippen LogP contribution in [0.1, 0.15) is 95.9 Å². The van der Waals surface area contributed by atoms with Crippen LogP contribution in [0.4, 0.5) is 11.4 Å². The molecule has 5 heteroatoms. The molecule has 0 radical (unpaired) electrons. The molecule has 2 N–H and O–H groups in total. The van der Waals surface area contributed by atoms with E-state index in [1.54, 1.807) is 18.2 Å². The highest BCUT2D eigenvalue weighted by molar-refractivity contribution is 6.01. The topological polar surface area (TPSA) is 71.1 Å². The highest BCUT2D eigenvalue weighted by atomic mass is 16.1. The average Bonchev–Trinajstić information content (AvgIpc) is 2.81. The number of anilines is 2. The average molecular weight is 514 g/mol. The van der Waals surface area contributed by atoms with E-state index < -0.39 is 0 Å². The molecular weight excluding hydrogens is 470 g/mol. The lowest BCUT2D eigenvalue weighted by Crippen LogP contribution is -2.20. The van der Waals surface area contributed by atoms with Crippen molar-refractivity contribution in [1.82, 2.24) is 4.98 Å². The summed E-state index contributed by atoms with van der Waals surface area (Å²) in [5, 5.41) is 6.59. The van der Waals surface area contributed by atoms with E-state index in [0.717, 1.165) is 33.6 Å². The number of aryl methyl sites for hydroxylation is 4. The molecule has 0 spiro atoms. The van der Waals surface area contributed by atoms with Gasteiger partial charge in [0, 0.05) is 11.4 Å². The first-order chi connectivity index (χ1) is 17.6. The minimum Gasteiger partial charge on any atom is -0.377 e. The van der Waals surface area contributed by atoms with Gasteiger partial charge in [-0.2, -0.15) is 0 Å². The molecule has 0 aliphatic heterocycles. The molecule has 1 heterocycles. The fraction of sp³-hybridized carbons (Fsp3) is 0.424. The predicted octanol–water partition coefficient (Wildman–Crippen LogP) is 7.50. The Hall–Kier alpha value is -3.47. The van der Waals surface area contributed by atoms with E-state index in [9.17, 15) is 9.59 Å². The Bertz CT molecular complexity index is 1210. The van der Waals surface area contributed by atoms with Crippen LogP contribution in [0.15, 0.2) is 42.5 Å². The van der Waals surface area contributed by atoms with E-state index in [-0.39, 0.29) is 46.9 Å². The molecule has 0 bridgehead atoms. The molecule has 5 nitrogen and oxygen atoms in total. The molecule has 38 heavy (non-hydrogen) atoms. The highest BCUT2D eigenvalue weighted by Gasteiger charge is 2.19. The number of carbonyl (C=O) groups excluding carboxylic acids is 2. The lowest BCUT2D eigenvalue weighted by molar-refractivity contribution is 0.0997. The summed E-state index contributed by atoms with van der Waals surface area (Å²) >= 11 is 0. The molecule has 0 atom stereocenters. The van der Waals surface area contributed by atoms with Crippen molar-refractivity contribution in [2.24, 2.45) is 0 Å². The van der Waals surface area contributed by atoms with Gasteiger partial charge in [0.2, 0.25) is 0 Å². The number of rotatable bonds is 8. The number of ketones is 2. The Balaban J connectivity index is 1.68. The summed E-state index contributed by atoms with van der Waals surface area (Å²) in [5.41, 5.74) is 9.56. The van der Waals surface area contributed by atoms with Gasteiger partial charge in [-0.25, -0.2) is 4.98 Å². The van der Waals surface area contributed by atoms with Crippen LogP contribution in [0.25, 0.3) is 0 Å². The molecule has 0 saturated heterocycles. The first-order valence-corrected chi connectivity index (χ1v) is 13.3. The summed E-state index contributed by atoms with van der Waals surface area (Å²) in [6.07, 6.45) is 0. The fourth-order valence-electron chi connectivity index (χ4n) is 4.61. The van der Waals surface area contributed by atoms with Crippen LogP contribution in [0, 0.1) is 27.7 Å². The normalized spacial score (nSPS) is 11.8. The molecule has 0 unspecified atom stereocenters. The number of pyridine rings is 1. The number of benzene rings is 2. The number of hydrogen-bond donors (Lipinski definition) is 2. The molecular formula is C33H43N3O2. The molecule has 0 aliphatic rings. The van der Waals surface area contributed by atoms with Crippen molar-refractivity contribution in [2.45, 2.75) is 80.1 Å². The number of carbonyl (C=O) groups is 2. The maximum atomic E-state index is 13.0. The molecule has 0 fully saturated rings. The van der Waals surface area contributed by atoms with Crippen LogP contribution in [0.3, 0.4) is 0 Å². The van der Waals surface area contributed by atoms with Crippen LogP contribution in [0.5, 0.6) is 0 Å². The number of hydrogen-bond acceptors (Lipinski definition) is 5. The molecule has 202 valence electrons. The van der Waals surface area contributed by atoms with Crippen molar-refractivity contribution >= 4 is 22.9 Å². The maximum Gasteiger partial charge on any atom is 0.200 e. The first-order valence-electron chi connectivity index (χ1n) is 13.3. The molecule has 2 aromatic carbocycles. The Morgan fingerprint density at radius 1 is 0.632 bits per heavy atom. The third-order valence-corrected chi connectivity index (χ3v) is 6.97. The second-order valence-electron chi connectivity index (χ2n) is 12.4. The Morgan fingerprint density at radius 3 is 1.24 bits per heavy atom. The van der Waals surface area contributed by atoms with Crippen LogP contribution in [0.2, 0.25) is 0 Å². The van der Waals surface area contributed by atoms with Gasteiger partial charge >= 0.3 is 0 Å². The van der Waals surface area contributed by atoms with Crippen molar-refractivity contribution in [3.05, 3.63) is 87.2 Å². The molecule has 0 amide bonds. The smallest absolute Gasteiger partial charge is 0.200 e. The van der Waals surface area contributed by atoms with E-state index in [1.165, 1.54) is 11.1 Å². The summed E-state index contributed by atoms with van der Waals surface area (Å²) in [7, 11) is 0. The quantitative estimate of drug-likeness (QED) is 0.305. The lowest BCUT2D eigenvalue weighted by Gasteiger charge is -2.23. The third-order valence-electron chi connectivity index (χ3n) is 6.97. The molecule has 3 aromatic rings. The van der Waals surface area contributed by atoms with Crippen molar-refractivity contribution in [3.8, 4) is 0 Å². The zero-order valence-electron chi connectivity index (χ0n) is 24.7. The lowest BCUT2D eigenvalue weighted by atomic mass is 9.85. The van der Waals surface area contributed by atoms with Gasteiger partial charge in [0.1, 0.15) is 11.4 Å². The summed E-state index contributed by atoms with van der Waals surface area (Å²) in [5.74, 6) is -0.313. The van der Waals surface area contributed by atoms with Crippen LogP contribution in [-0.4, -0.2) is 29.6 Å². The van der Waals surface area contributed by atoms with Gasteiger partial charge in [-0.05, 0) is 84.0 Å². The second-order valence-corrected chi connectivity index (χ2v) is 12.4. The van der Waals surface area contributed by atoms with Crippen molar-refractivity contribution in [1.29, 1.82) is 0 Å². The fourth-order valence-corrected chi connectivity index (χ4v) is 4.61. The van der Waals surface area contributed by atoms with Gasteiger partial charge in [-0.3, -0.25) is 9.59 Å². The van der Waals surface area contributed by atoms with Gasteiger partial charge < -0.3 is 10.6 Å². The summed E-state index contributed by atoms with van der Waals surface area (Å²) in [6.45, 7) is 21.6. The molecule has 1 aromatic heterocycles. The summed E-state index contributed by atoms with van der Waals surface area (Å²) in [4.78, 5) is 30.3. The van der Waals surface area contributed by atoms with Gasteiger partial charge in [-0.1, -0.05) is 71.9 Å². The van der Waals surface area contributed by atoms with Crippen LogP contribution >= 0.6 is 0 Å². The van der Waals surface area contributed by atoms with E-state index in [2.05, 4.69) is 109 Å². The van der Waals surface area contributed by atoms with Gasteiger partial charge in [-0.15, -0.1) is 0 Å². The SMILES string of the molecule is Cc1cc(C(C)(C)C)cc(C)c1NCC(=O)c1cccc(C(=O)CNc2c(C)cc(C(C)(C)C)cc2C)n1. The predicted molar refractivity (Wildman–Crippen MR) is 159 cm³/mol. The second kappa shape index (κ2) is 11.1. The Morgan fingerprint density at radius 2 is 0.947 bits per heavy atom. The summed E-state index contributed by atoms with van der Waals surface area (Å²) in [6, 6.07) is 13.7. The monoisotopic (exact) mass is 513 g/mol. The zero-order chi connectivity index (χ0) is 28.4. The van der Waals surface area contributed by atoms with E-state index >= 15 is 0 Å². The Labute approximate surface area is 228 Å². The zero-order valence-corrected chi connectivity index (χ0v) is 24.7. The molecule has 0 aliphatic carbocycles. The van der Waals surface area contributed by atoms with E-state index in [0.29, 0.717) is 0 Å². The van der Waals surface area contributed by atoms with Crippen molar-refractivity contribution in [2.75, 3.05) is 23.7 Å². The van der Waals surface area contributed by atoms with Gasteiger partial charge in [0.15, 0.2) is 11.6 Å². The first kappa shape index (κ1) is 29.1. The number of nitrogens with zero attached hydrogens (tertiary/aromatic N) is 1. The maximum absolute atomic E-state index is 13.0. The minimum atomic E-state index is -0.157. The van der Waals surface area contributed by atoms with E-state index in [1.807, 2.05) is 0 Å². The molecule has 0 saturated carbocycles. The van der Waals surface area contributed by atoms with Crippen LogP contribution in [-0.2, 0) is 10.8 Å². The third kappa shape index (κ3) is 6.89. The highest BCUT2D eigenvalue weighted by Crippen LogP contribution is 2.30. The van der Waals surface area contributed by atoms with Gasteiger partial charge in [0.25, 0.3) is 0 Å². The summed E-state index contributed by atoms with van der Waals surface area (Å²) < 4.78 is 0. The number of Topliss-reactive ketones (excluding diaryl/α,β-unsaturated/α-hetero) is 2. The van der Waals surface area contributed by atoms with E-state index in [4.69, 9.17) is 0 Å². The van der Waals surface area contributed by atoms with Gasteiger partial charge in [0.05, 0.1) is 13.1 Å². The number of nitrogens with one attached hydrogen (secondary N) is 2. The minimum absolute atomic E-state index is 0.0584. The standard InChI is InChI=1S/C33H43N3O2/c1-20-14-24(32(5,6)7)15-21(2)30(20)34-18-28(37)26-12-11-13-27(36-26)29(38)19-35-31-22(3)16-25(17-23(31)4)33(8,9)10/h11-17,34-35H,18-19H2,1-10H3. The van der Waals surface area contributed by atoms with Crippen molar-refractivity contribution < 1.29 is 9.59 Å². The Kier molecular flexibility index (Phi) is 8.50. The largest absolute Gasteiger partial charge is 0.377 e.